The molecule has 22 heavy (non-hydrogen) atoms. The van der Waals surface area contributed by atoms with Crippen molar-refractivity contribution in [2.24, 2.45) is 5.92 Å². The minimum Gasteiger partial charge on any atom is -0.388 e. The van der Waals surface area contributed by atoms with Crippen LogP contribution in [0.2, 0.25) is 0 Å². The number of carbonyl (C=O) groups excluding carboxylic acids is 1. The Kier molecular flexibility index (Phi) is 4.54. The predicted octanol–water partition coefficient (Wildman–Crippen LogP) is 3.27. The van der Waals surface area contributed by atoms with E-state index in [0.717, 1.165) is 24.0 Å². The maximum Gasteiger partial charge on any atom is 0.253 e. The van der Waals surface area contributed by atoms with Crippen molar-refractivity contribution >= 4 is 5.91 Å². The highest BCUT2D eigenvalue weighted by atomic mass is 16.3. The number of benzene rings is 2. The first kappa shape index (κ1) is 14.8. The van der Waals surface area contributed by atoms with Gasteiger partial charge in [-0.2, -0.15) is 0 Å². The van der Waals surface area contributed by atoms with Gasteiger partial charge in [0, 0.05) is 18.7 Å². The van der Waals surface area contributed by atoms with Crippen LogP contribution in [-0.2, 0) is 0 Å². The molecule has 1 saturated heterocycles. The second kappa shape index (κ2) is 6.75. The molecule has 1 aliphatic rings. The van der Waals surface area contributed by atoms with Gasteiger partial charge in [0.2, 0.25) is 0 Å². The highest BCUT2D eigenvalue weighted by molar-refractivity contribution is 5.94. The van der Waals surface area contributed by atoms with Crippen molar-refractivity contribution in [1.29, 1.82) is 0 Å². The summed E-state index contributed by atoms with van der Waals surface area (Å²) < 4.78 is 0. The van der Waals surface area contributed by atoms with Gasteiger partial charge in [-0.25, -0.2) is 0 Å². The Hall–Kier alpha value is -2.13. The van der Waals surface area contributed by atoms with Crippen molar-refractivity contribution in [3.8, 4) is 0 Å². The lowest BCUT2D eigenvalue weighted by Crippen LogP contribution is -2.39. The van der Waals surface area contributed by atoms with Crippen molar-refractivity contribution in [2.45, 2.75) is 18.9 Å². The highest BCUT2D eigenvalue weighted by Gasteiger charge is 2.28. The molecule has 2 aromatic rings. The number of rotatable bonds is 3. The van der Waals surface area contributed by atoms with Crippen LogP contribution in [-0.4, -0.2) is 29.0 Å². The molecule has 0 bridgehead atoms. The summed E-state index contributed by atoms with van der Waals surface area (Å²) in [6.45, 7) is 1.42. The predicted molar refractivity (Wildman–Crippen MR) is 86.5 cm³/mol. The fourth-order valence-electron chi connectivity index (χ4n) is 3.10. The third kappa shape index (κ3) is 3.20. The molecule has 2 aromatic carbocycles. The summed E-state index contributed by atoms with van der Waals surface area (Å²) in [4.78, 5) is 14.3. The lowest BCUT2D eigenvalue weighted by Gasteiger charge is -2.34. The van der Waals surface area contributed by atoms with E-state index in [-0.39, 0.29) is 11.8 Å². The average molecular weight is 295 g/mol. The van der Waals surface area contributed by atoms with Gasteiger partial charge in [-0.05, 0) is 36.5 Å². The van der Waals surface area contributed by atoms with Crippen molar-refractivity contribution < 1.29 is 9.90 Å². The molecular weight excluding hydrogens is 274 g/mol. The van der Waals surface area contributed by atoms with Gasteiger partial charge in [-0.3, -0.25) is 4.79 Å². The molecule has 1 heterocycles. The molecule has 3 rings (SSSR count). The van der Waals surface area contributed by atoms with Crippen molar-refractivity contribution in [3.63, 3.8) is 0 Å². The van der Waals surface area contributed by atoms with Gasteiger partial charge in [0.15, 0.2) is 0 Å². The van der Waals surface area contributed by atoms with Gasteiger partial charge in [-0.15, -0.1) is 0 Å². The monoisotopic (exact) mass is 295 g/mol. The first-order valence-electron chi connectivity index (χ1n) is 7.83. The van der Waals surface area contributed by atoms with E-state index in [4.69, 9.17) is 0 Å². The van der Waals surface area contributed by atoms with Gasteiger partial charge in [0.05, 0.1) is 6.10 Å². The van der Waals surface area contributed by atoms with Crippen molar-refractivity contribution in [1.82, 2.24) is 4.90 Å². The van der Waals surface area contributed by atoms with E-state index in [1.165, 1.54) is 0 Å². The number of carbonyl (C=O) groups is 1. The smallest absolute Gasteiger partial charge is 0.253 e. The lowest BCUT2D eigenvalue weighted by atomic mass is 9.87. The van der Waals surface area contributed by atoms with Gasteiger partial charge >= 0.3 is 0 Å². The Morgan fingerprint density at radius 1 is 0.955 bits per heavy atom. The molecule has 0 spiro atoms. The van der Waals surface area contributed by atoms with Crippen molar-refractivity contribution in [3.05, 3.63) is 71.8 Å². The van der Waals surface area contributed by atoms with Crippen LogP contribution in [0.15, 0.2) is 60.7 Å². The molecule has 0 aromatic heterocycles. The van der Waals surface area contributed by atoms with Gasteiger partial charge in [-0.1, -0.05) is 48.5 Å². The van der Waals surface area contributed by atoms with Gasteiger partial charge in [0.25, 0.3) is 5.91 Å². The normalized spacial score (nSPS) is 17.2. The molecular formula is C19H21NO2. The molecule has 1 atom stereocenters. The van der Waals surface area contributed by atoms with E-state index in [1.54, 1.807) is 0 Å². The van der Waals surface area contributed by atoms with E-state index in [0.29, 0.717) is 13.1 Å². The summed E-state index contributed by atoms with van der Waals surface area (Å²) >= 11 is 0. The summed E-state index contributed by atoms with van der Waals surface area (Å²) in [6, 6.07) is 19.2. The third-order valence-corrected chi connectivity index (χ3v) is 4.44. The van der Waals surface area contributed by atoms with Gasteiger partial charge in [0.1, 0.15) is 0 Å². The number of amides is 1. The summed E-state index contributed by atoms with van der Waals surface area (Å²) in [5.74, 6) is 0.315. The number of aliphatic hydroxyl groups excluding tert-OH is 1. The maximum atomic E-state index is 12.4. The molecule has 0 aliphatic carbocycles. The third-order valence-electron chi connectivity index (χ3n) is 4.44. The van der Waals surface area contributed by atoms with E-state index in [2.05, 4.69) is 0 Å². The summed E-state index contributed by atoms with van der Waals surface area (Å²) in [5, 5.41) is 10.5. The molecule has 114 valence electrons. The largest absolute Gasteiger partial charge is 0.388 e. The number of hydrogen-bond acceptors (Lipinski definition) is 2. The standard InChI is InChI=1S/C19H21NO2/c21-18(15-7-3-1-4-8-15)16-11-13-20(14-12-16)19(22)17-9-5-2-6-10-17/h1-10,16,18,21H,11-14H2. The van der Waals surface area contributed by atoms with E-state index in [9.17, 15) is 9.90 Å². The Balaban J connectivity index is 1.60. The second-order valence-corrected chi connectivity index (χ2v) is 5.85. The second-order valence-electron chi connectivity index (χ2n) is 5.85. The van der Waals surface area contributed by atoms with Crippen LogP contribution in [0.1, 0.15) is 34.9 Å². The SMILES string of the molecule is O=C(c1ccccc1)N1CCC(C(O)c2ccccc2)CC1. The van der Waals surface area contributed by atoms with E-state index >= 15 is 0 Å². The van der Waals surface area contributed by atoms with E-state index < -0.39 is 6.10 Å². The van der Waals surface area contributed by atoms with Crippen LogP contribution >= 0.6 is 0 Å². The Morgan fingerprint density at radius 3 is 2.09 bits per heavy atom. The zero-order valence-corrected chi connectivity index (χ0v) is 12.6. The molecule has 0 radical (unpaired) electrons. The topological polar surface area (TPSA) is 40.5 Å². The minimum absolute atomic E-state index is 0.0910. The molecule has 3 nitrogen and oxygen atoms in total. The van der Waals surface area contributed by atoms with Crippen molar-refractivity contribution in [2.75, 3.05) is 13.1 Å². The molecule has 1 aliphatic heterocycles. The Morgan fingerprint density at radius 2 is 1.50 bits per heavy atom. The number of piperidine rings is 1. The molecule has 3 heteroatoms. The fourth-order valence-corrected chi connectivity index (χ4v) is 3.10. The fraction of sp³-hybridized carbons (Fsp3) is 0.316. The van der Waals surface area contributed by atoms with Crippen LogP contribution in [0.5, 0.6) is 0 Å². The van der Waals surface area contributed by atoms with Crippen LogP contribution in [0, 0.1) is 5.92 Å². The first-order chi connectivity index (χ1) is 10.8. The highest BCUT2D eigenvalue weighted by Crippen LogP contribution is 2.30. The lowest BCUT2D eigenvalue weighted by molar-refractivity contribution is 0.0462. The number of likely N-dealkylation sites (tertiary alicyclic amines) is 1. The van der Waals surface area contributed by atoms with Crippen LogP contribution < -0.4 is 0 Å². The Bertz CT molecular complexity index is 604. The molecule has 0 saturated carbocycles. The zero-order chi connectivity index (χ0) is 15.4. The minimum atomic E-state index is -0.435. The van der Waals surface area contributed by atoms with Crippen LogP contribution in [0.25, 0.3) is 0 Å². The van der Waals surface area contributed by atoms with Crippen LogP contribution in [0.4, 0.5) is 0 Å². The van der Waals surface area contributed by atoms with Crippen LogP contribution in [0.3, 0.4) is 0 Å². The quantitative estimate of drug-likeness (QED) is 0.944. The molecule has 1 fully saturated rings. The Labute approximate surface area is 131 Å². The number of hydrogen-bond donors (Lipinski definition) is 1. The first-order valence-corrected chi connectivity index (χ1v) is 7.83. The number of nitrogens with zero attached hydrogens (tertiary/aromatic N) is 1. The summed E-state index contributed by atoms with van der Waals surface area (Å²) in [6.07, 6.45) is 1.25. The molecule has 1 N–H and O–H groups in total. The average Bonchev–Trinajstić information content (AvgIpc) is 2.62. The maximum absolute atomic E-state index is 12.4. The van der Waals surface area contributed by atoms with Gasteiger partial charge < -0.3 is 10.0 Å². The van der Waals surface area contributed by atoms with E-state index in [1.807, 2.05) is 65.6 Å². The number of aliphatic hydroxyl groups is 1. The zero-order valence-electron chi connectivity index (χ0n) is 12.6. The summed E-state index contributed by atoms with van der Waals surface area (Å²) in [5.41, 5.74) is 1.71. The summed E-state index contributed by atoms with van der Waals surface area (Å²) in [7, 11) is 0. The molecule has 1 amide bonds. The molecule has 1 unspecified atom stereocenters.